The van der Waals surface area contributed by atoms with Gasteiger partial charge in [-0.15, -0.1) is 0 Å². The molecule has 0 aliphatic carbocycles. The molecule has 1 aromatic heterocycles. The second kappa shape index (κ2) is 6.47. The molecule has 22 heavy (non-hydrogen) atoms. The van der Waals surface area contributed by atoms with Crippen LogP contribution < -0.4 is 5.32 Å². The van der Waals surface area contributed by atoms with E-state index in [1.165, 1.54) is 0 Å². The van der Waals surface area contributed by atoms with Gasteiger partial charge in [0.05, 0.1) is 5.56 Å². The Kier molecular flexibility index (Phi) is 4.65. The molecule has 2 aromatic rings. The number of carbonyl (C=O) groups is 2. The van der Waals surface area contributed by atoms with Crippen molar-refractivity contribution in [3.8, 4) is 5.69 Å². The molecule has 0 fully saturated rings. The normalized spacial score (nSPS) is 11.0. The Morgan fingerprint density at radius 2 is 1.82 bits per heavy atom. The number of carbonyl (C=O) groups excluding carboxylic acids is 2. The van der Waals surface area contributed by atoms with Crippen molar-refractivity contribution in [1.29, 1.82) is 0 Å². The molecule has 0 unspecified atom stereocenters. The van der Waals surface area contributed by atoms with Crippen LogP contribution in [0.1, 0.15) is 31.1 Å². The van der Waals surface area contributed by atoms with Gasteiger partial charge in [0.1, 0.15) is 0 Å². The molecule has 5 nitrogen and oxygen atoms in total. The maximum Gasteiger partial charge on any atom is 0.338 e. The van der Waals surface area contributed by atoms with E-state index >= 15 is 0 Å². The molecule has 0 aliphatic heterocycles. The Labute approximate surface area is 129 Å². The zero-order valence-electron chi connectivity index (χ0n) is 13.0. The van der Waals surface area contributed by atoms with Gasteiger partial charge in [0.2, 0.25) is 0 Å². The van der Waals surface area contributed by atoms with Crippen LogP contribution in [0, 0.1) is 0 Å². The summed E-state index contributed by atoms with van der Waals surface area (Å²) in [6.45, 7) is 5.32. The summed E-state index contributed by atoms with van der Waals surface area (Å²) in [7, 11) is 0. The molecule has 2 rings (SSSR count). The van der Waals surface area contributed by atoms with Crippen molar-refractivity contribution >= 4 is 11.9 Å². The summed E-state index contributed by atoms with van der Waals surface area (Å²) < 4.78 is 6.94. The van der Waals surface area contributed by atoms with E-state index in [2.05, 4.69) is 5.32 Å². The van der Waals surface area contributed by atoms with Crippen LogP contribution in [-0.2, 0) is 9.53 Å². The quantitative estimate of drug-likeness (QED) is 0.883. The number of hydrogen-bond donors (Lipinski definition) is 1. The summed E-state index contributed by atoms with van der Waals surface area (Å²) in [5.74, 6) is -0.833. The Hall–Kier alpha value is -2.56. The van der Waals surface area contributed by atoms with Crippen molar-refractivity contribution in [3.63, 3.8) is 0 Å². The number of ether oxygens (including phenoxy) is 1. The van der Waals surface area contributed by atoms with E-state index in [-0.39, 0.29) is 18.1 Å². The van der Waals surface area contributed by atoms with Crippen LogP contribution in [0.25, 0.3) is 5.69 Å². The molecule has 0 spiro atoms. The van der Waals surface area contributed by atoms with Crippen LogP contribution in [0.5, 0.6) is 0 Å². The van der Waals surface area contributed by atoms with Crippen molar-refractivity contribution in [2.24, 2.45) is 0 Å². The third-order valence-electron chi connectivity index (χ3n) is 2.83. The summed E-state index contributed by atoms with van der Waals surface area (Å²) >= 11 is 0. The zero-order valence-corrected chi connectivity index (χ0v) is 13.0. The summed E-state index contributed by atoms with van der Waals surface area (Å²) in [6.07, 6.45) is 3.78. The van der Waals surface area contributed by atoms with Crippen LogP contribution in [0.15, 0.2) is 48.8 Å². The fourth-order valence-electron chi connectivity index (χ4n) is 1.97. The Morgan fingerprint density at radius 1 is 1.14 bits per heavy atom. The molecule has 0 radical (unpaired) electrons. The van der Waals surface area contributed by atoms with Crippen LogP contribution in [0.4, 0.5) is 0 Å². The maximum absolute atomic E-state index is 12.0. The van der Waals surface area contributed by atoms with E-state index in [0.29, 0.717) is 5.56 Å². The largest absolute Gasteiger partial charge is 0.452 e. The predicted octanol–water partition coefficient (Wildman–Crippen LogP) is 2.55. The van der Waals surface area contributed by atoms with Crippen molar-refractivity contribution in [2.45, 2.75) is 26.3 Å². The minimum absolute atomic E-state index is 0.288. The zero-order chi connectivity index (χ0) is 16.2. The first kappa shape index (κ1) is 15.8. The number of nitrogens with one attached hydrogen (secondary N) is 1. The number of hydrogen-bond acceptors (Lipinski definition) is 3. The molecule has 1 aromatic carbocycles. The number of rotatable bonds is 4. The summed E-state index contributed by atoms with van der Waals surface area (Å²) in [5.41, 5.74) is 0.922. The molecule has 0 saturated carbocycles. The minimum atomic E-state index is -0.516. The standard InChI is InChI=1S/C17H20N2O3/c1-17(2,3)18-15(20)12-22-16(21)13-7-6-8-14(11-13)19-9-4-5-10-19/h4-11H,12H2,1-3H3,(H,18,20). The van der Waals surface area contributed by atoms with Gasteiger partial charge < -0.3 is 14.6 Å². The van der Waals surface area contributed by atoms with Crippen LogP contribution in [0.2, 0.25) is 0 Å². The van der Waals surface area contributed by atoms with Crippen molar-refractivity contribution in [2.75, 3.05) is 6.61 Å². The SMILES string of the molecule is CC(C)(C)NC(=O)COC(=O)c1cccc(-n2cccc2)c1. The van der Waals surface area contributed by atoms with Crippen LogP contribution in [-0.4, -0.2) is 28.6 Å². The first-order chi connectivity index (χ1) is 10.3. The lowest BCUT2D eigenvalue weighted by atomic mass is 10.1. The van der Waals surface area contributed by atoms with Crippen LogP contribution >= 0.6 is 0 Å². The predicted molar refractivity (Wildman–Crippen MR) is 83.9 cm³/mol. The Balaban J connectivity index is 1.99. The van der Waals surface area contributed by atoms with E-state index in [9.17, 15) is 9.59 Å². The van der Waals surface area contributed by atoms with E-state index in [0.717, 1.165) is 5.69 Å². The maximum atomic E-state index is 12.0. The summed E-state index contributed by atoms with van der Waals surface area (Å²) in [4.78, 5) is 23.7. The highest BCUT2D eigenvalue weighted by molar-refractivity contribution is 5.91. The fraction of sp³-hybridized carbons (Fsp3) is 0.294. The monoisotopic (exact) mass is 300 g/mol. The van der Waals surface area contributed by atoms with Crippen molar-refractivity contribution in [3.05, 3.63) is 54.4 Å². The first-order valence-corrected chi connectivity index (χ1v) is 7.07. The summed E-state index contributed by atoms with van der Waals surface area (Å²) in [6, 6.07) is 10.9. The van der Waals surface area contributed by atoms with Gasteiger partial charge in [0, 0.05) is 23.6 Å². The molecule has 1 amide bonds. The van der Waals surface area contributed by atoms with E-state index in [1.807, 2.05) is 55.9 Å². The molecule has 0 aliphatic rings. The molecule has 1 N–H and O–H groups in total. The van der Waals surface area contributed by atoms with Crippen molar-refractivity contribution < 1.29 is 14.3 Å². The van der Waals surface area contributed by atoms with Gasteiger partial charge in [-0.3, -0.25) is 4.79 Å². The van der Waals surface area contributed by atoms with Gasteiger partial charge in [-0.1, -0.05) is 6.07 Å². The molecule has 0 saturated heterocycles. The smallest absolute Gasteiger partial charge is 0.338 e. The highest BCUT2D eigenvalue weighted by Crippen LogP contribution is 2.12. The second-order valence-electron chi connectivity index (χ2n) is 6.01. The van der Waals surface area contributed by atoms with E-state index < -0.39 is 5.97 Å². The van der Waals surface area contributed by atoms with Gasteiger partial charge in [-0.25, -0.2) is 4.79 Å². The molecule has 0 atom stereocenters. The van der Waals surface area contributed by atoms with Crippen molar-refractivity contribution in [1.82, 2.24) is 9.88 Å². The highest BCUT2D eigenvalue weighted by atomic mass is 16.5. The van der Waals surface area contributed by atoms with E-state index in [4.69, 9.17) is 4.74 Å². The van der Waals surface area contributed by atoms with E-state index in [1.54, 1.807) is 18.2 Å². The Morgan fingerprint density at radius 3 is 2.45 bits per heavy atom. The lowest BCUT2D eigenvalue weighted by Gasteiger charge is -2.20. The third kappa shape index (κ3) is 4.48. The molecular weight excluding hydrogens is 280 g/mol. The first-order valence-electron chi connectivity index (χ1n) is 7.07. The number of nitrogens with zero attached hydrogens (tertiary/aromatic N) is 1. The fourth-order valence-corrected chi connectivity index (χ4v) is 1.97. The Bertz CT molecular complexity index is 655. The average molecular weight is 300 g/mol. The number of benzene rings is 1. The van der Waals surface area contributed by atoms with Gasteiger partial charge in [0.25, 0.3) is 5.91 Å². The molecule has 1 heterocycles. The van der Waals surface area contributed by atoms with Gasteiger partial charge in [0.15, 0.2) is 6.61 Å². The minimum Gasteiger partial charge on any atom is -0.452 e. The number of esters is 1. The second-order valence-corrected chi connectivity index (χ2v) is 6.01. The molecular formula is C17H20N2O3. The molecule has 5 heteroatoms. The summed E-state index contributed by atoms with van der Waals surface area (Å²) in [5, 5.41) is 2.74. The lowest BCUT2D eigenvalue weighted by Crippen LogP contribution is -2.42. The molecule has 0 bridgehead atoms. The van der Waals surface area contributed by atoms with Gasteiger partial charge in [-0.2, -0.15) is 0 Å². The third-order valence-corrected chi connectivity index (χ3v) is 2.83. The lowest BCUT2D eigenvalue weighted by molar-refractivity contribution is -0.125. The highest BCUT2D eigenvalue weighted by Gasteiger charge is 2.16. The average Bonchev–Trinajstić information content (AvgIpc) is 2.97. The topological polar surface area (TPSA) is 60.3 Å². The van der Waals surface area contributed by atoms with Crippen LogP contribution in [0.3, 0.4) is 0 Å². The number of aromatic nitrogens is 1. The van der Waals surface area contributed by atoms with Gasteiger partial charge in [-0.05, 0) is 51.1 Å². The molecule has 116 valence electrons. The van der Waals surface area contributed by atoms with Gasteiger partial charge >= 0.3 is 5.97 Å². The number of amides is 1.